The normalized spacial score (nSPS) is 25.7. The molecule has 38 heavy (non-hydrogen) atoms. The minimum atomic E-state index is -0.970. The highest BCUT2D eigenvalue weighted by atomic mass is 16.2. The third-order valence-electron chi connectivity index (χ3n) is 9.75. The van der Waals surface area contributed by atoms with E-state index in [4.69, 9.17) is 0 Å². The van der Waals surface area contributed by atoms with E-state index < -0.39 is 5.41 Å². The van der Waals surface area contributed by atoms with Gasteiger partial charge in [-0.15, -0.1) is 0 Å². The Morgan fingerprint density at radius 1 is 0.579 bits per heavy atom. The van der Waals surface area contributed by atoms with E-state index >= 15 is 0 Å². The van der Waals surface area contributed by atoms with Gasteiger partial charge in [-0.1, -0.05) is 103 Å². The van der Waals surface area contributed by atoms with Crippen molar-refractivity contribution < 1.29 is 4.79 Å². The second-order valence-electron chi connectivity index (χ2n) is 12.1. The van der Waals surface area contributed by atoms with Crippen molar-refractivity contribution in [3.63, 3.8) is 0 Å². The van der Waals surface area contributed by atoms with Crippen LogP contribution in [0.3, 0.4) is 0 Å². The lowest BCUT2D eigenvalue weighted by molar-refractivity contribution is -0.119. The van der Waals surface area contributed by atoms with Crippen LogP contribution in [-0.4, -0.2) is 5.91 Å². The van der Waals surface area contributed by atoms with E-state index in [1.165, 1.54) is 44.1 Å². The van der Waals surface area contributed by atoms with E-state index in [1.54, 1.807) is 0 Å². The molecule has 4 aliphatic rings. The van der Waals surface area contributed by atoms with Crippen LogP contribution in [0.1, 0.15) is 60.8 Å². The number of hydrogen-bond acceptors (Lipinski definition) is 1. The summed E-state index contributed by atoms with van der Waals surface area (Å²) in [4.78, 5) is 14.5. The first-order valence-corrected chi connectivity index (χ1v) is 14.2. The summed E-state index contributed by atoms with van der Waals surface area (Å²) in [5, 5.41) is 3.34. The molecule has 4 fully saturated rings. The summed E-state index contributed by atoms with van der Waals surface area (Å²) in [5.41, 5.74) is 4.60. The van der Waals surface area contributed by atoms with Crippen LogP contribution >= 0.6 is 0 Å². The molecule has 0 atom stereocenters. The molecule has 4 saturated carbocycles. The number of anilines is 1. The summed E-state index contributed by atoms with van der Waals surface area (Å²) in [5.74, 6) is 2.72. The van der Waals surface area contributed by atoms with Gasteiger partial charge in [-0.2, -0.15) is 0 Å². The summed E-state index contributed by atoms with van der Waals surface area (Å²) < 4.78 is 0. The first-order valence-electron chi connectivity index (χ1n) is 14.2. The van der Waals surface area contributed by atoms with Gasteiger partial charge in [0.1, 0.15) is 5.41 Å². The van der Waals surface area contributed by atoms with Crippen molar-refractivity contribution in [2.24, 2.45) is 17.8 Å². The number of carbonyl (C=O) groups excluding carboxylic acids is 1. The Labute approximate surface area is 226 Å². The third-order valence-corrected chi connectivity index (χ3v) is 9.75. The maximum Gasteiger partial charge on any atom is 0.244 e. The average molecular weight is 498 g/mol. The minimum Gasteiger partial charge on any atom is -0.325 e. The lowest BCUT2D eigenvalue weighted by Crippen LogP contribution is -2.48. The van der Waals surface area contributed by atoms with Crippen LogP contribution in [0.4, 0.5) is 5.69 Å². The number of carbonyl (C=O) groups is 1. The fourth-order valence-corrected chi connectivity index (χ4v) is 8.55. The van der Waals surface area contributed by atoms with Crippen molar-refractivity contribution in [3.8, 4) is 0 Å². The van der Waals surface area contributed by atoms with Crippen LogP contribution in [0.25, 0.3) is 0 Å². The van der Waals surface area contributed by atoms with E-state index in [0.717, 1.165) is 40.1 Å². The molecule has 2 nitrogen and oxygen atoms in total. The molecule has 0 unspecified atom stereocenters. The van der Waals surface area contributed by atoms with Crippen LogP contribution in [0.2, 0.25) is 0 Å². The molecule has 0 heterocycles. The van der Waals surface area contributed by atoms with E-state index in [9.17, 15) is 4.79 Å². The average Bonchev–Trinajstić information content (AvgIpc) is 2.95. The van der Waals surface area contributed by atoms with E-state index in [2.05, 4.69) is 66.0 Å². The first kappa shape index (κ1) is 23.5. The van der Waals surface area contributed by atoms with E-state index in [0.29, 0.717) is 5.41 Å². The minimum absolute atomic E-state index is 0.0383. The smallest absolute Gasteiger partial charge is 0.244 e. The molecule has 1 N–H and O–H groups in total. The van der Waals surface area contributed by atoms with Gasteiger partial charge in [-0.05, 0) is 96.1 Å². The van der Waals surface area contributed by atoms with Gasteiger partial charge in [0.15, 0.2) is 0 Å². The molecule has 0 aliphatic heterocycles. The van der Waals surface area contributed by atoms with Crippen LogP contribution < -0.4 is 5.32 Å². The van der Waals surface area contributed by atoms with Gasteiger partial charge in [0.2, 0.25) is 5.91 Å². The molecule has 4 aromatic carbocycles. The summed E-state index contributed by atoms with van der Waals surface area (Å²) >= 11 is 0. The molecule has 0 radical (unpaired) electrons. The predicted octanol–water partition coefficient (Wildman–Crippen LogP) is 8.13. The Kier molecular flexibility index (Phi) is 5.73. The Hall–Kier alpha value is -3.65. The van der Waals surface area contributed by atoms with Crippen LogP contribution in [-0.2, 0) is 15.6 Å². The van der Waals surface area contributed by atoms with Crippen molar-refractivity contribution >= 4 is 11.6 Å². The topological polar surface area (TPSA) is 29.1 Å². The van der Waals surface area contributed by atoms with Crippen LogP contribution in [0.15, 0.2) is 115 Å². The van der Waals surface area contributed by atoms with Crippen molar-refractivity contribution in [1.29, 1.82) is 0 Å². The molecule has 190 valence electrons. The van der Waals surface area contributed by atoms with E-state index in [1.807, 2.05) is 54.6 Å². The van der Waals surface area contributed by atoms with Crippen molar-refractivity contribution in [3.05, 3.63) is 138 Å². The maximum atomic E-state index is 14.5. The number of nitrogens with one attached hydrogen (secondary N) is 1. The third kappa shape index (κ3) is 3.81. The Balaban J connectivity index is 1.26. The standard InChI is InChI=1S/C36H35NO/c38-34(37-33-18-16-29(17-19-33)35-23-26-20-27(24-35)22-28(21-26)25-35)36(30-10-4-1-5-11-30,31-12-6-2-7-13-31)32-14-8-3-9-15-32/h1-19,26-28H,20-25H2,(H,37,38). The molecule has 2 heteroatoms. The summed E-state index contributed by atoms with van der Waals surface area (Å²) in [7, 11) is 0. The van der Waals surface area contributed by atoms with Gasteiger partial charge in [0.05, 0.1) is 0 Å². The molecule has 1 amide bonds. The van der Waals surface area contributed by atoms with Gasteiger partial charge in [-0.3, -0.25) is 4.79 Å². The summed E-state index contributed by atoms with van der Waals surface area (Å²) in [6.07, 6.45) is 8.41. The second-order valence-corrected chi connectivity index (χ2v) is 12.1. The maximum absolute atomic E-state index is 14.5. The highest BCUT2D eigenvalue weighted by Crippen LogP contribution is 2.60. The number of rotatable bonds is 6. The molecule has 4 aliphatic carbocycles. The van der Waals surface area contributed by atoms with Gasteiger partial charge in [-0.25, -0.2) is 0 Å². The fraction of sp³-hybridized carbons (Fsp3) is 0.306. The molecular weight excluding hydrogens is 462 g/mol. The molecule has 0 aromatic heterocycles. The zero-order valence-electron chi connectivity index (χ0n) is 21.9. The lowest BCUT2D eigenvalue weighted by Gasteiger charge is -2.57. The van der Waals surface area contributed by atoms with Crippen LogP contribution in [0.5, 0.6) is 0 Å². The van der Waals surface area contributed by atoms with E-state index in [-0.39, 0.29) is 5.91 Å². The molecular formula is C36H35NO. The van der Waals surface area contributed by atoms with Gasteiger partial charge in [0.25, 0.3) is 0 Å². The van der Waals surface area contributed by atoms with Gasteiger partial charge < -0.3 is 5.32 Å². The lowest BCUT2D eigenvalue weighted by atomic mass is 9.48. The fourth-order valence-electron chi connectivity index (χ4n) is 8.55. The Bertz CT molecular complexity index is 1280. The molecule has 4 aromatic rings. The van der Waals surface area contributed by atoms with Crippen LogP contribution in [0, 0.1) is 17.8 Å². The monoisotopic (exact) mass is 497 g/mol. The first-order chi connectivity index (χ1) is 18.7. The summed E-state index contributed by atoms with van der Waals surface area (Å²) in [6, 6.07) is 39.4. The predicted molar refractivity (Wildman–Crippen MR) is 154 cm³/mol. The highest BCUT2D eigenvalue weighted by molar-refractivity contribution is 6.04. The molecule has 0 spiro atoms. The van der Waals surface area contributed by atoms with Crippen molar-refractivity contribution in [2.75, 3.05) is 5.32 Å². The number of benzene rings is 4. The van der Waals surface area contributed by atoms with Crippen molar-refractivity contribution in [2.45, 2.75) is 49.4 Å². The van der Waals surface area contributed by atoms with Gasteiger partial charge in [0, 0.05) is 5.69 Å². The quantitative estimate of drug-likeness (QED) is 0.268. The largest absolute Gasteiger partial charge is 0.325 e. The molecule has 4 bridgehead atoms. The second kappa shape index (κ2) is 9.27. The number of amides is 1. The Morgan fingerprint density at radius 2 is 0.974 bits per heavy atom. The summed E-state index contributed by atoms with van der Waals surface area (Å²) in [6.45, 7) is 0. The Morgan fingerprint density at radius 3 is 1.37 bits per heavy atom. The zero-order valence-corrected chi connectivity index (χ0v) is 21.9. The molecule has 8 rings (SSSR count). The number of hydrogen-bond donors (Lipinski definition) is 1. The highest BCUT2D eigenvalue weighted by Gasteiger charge is 2.51. The van der Waals surface area contributed by atoms with Gasteiger partial charge >= 0.3 is 0 Å². The van der Waals surface area contributed by atoms with Crippen molar-refractivity contribution in [1.82, 2.24) is 0 Å². The SMILES string of the molecule is O=C(Nc1ccc(C23CC4CC(CC(C4)C2)C3)cc1)C(c1ccccc1)(c1ccccc1)c1ccccc1. The zero-order chi connectivity index (χ0) is 25.6. The molecule has 0 saturated heterocycles.